The first-order chi connectivity index (χ1) is 23.6. The summed E-state index contributed by atoms with van der Waals surface area (Å²) in [5.74, 6) is 2.71. The van der Waals surface area contributed by atoms with Crippen LogP contribution in [0, 0.1) is 11.8 Å². The quantitative estimate of drug-likeness (QED) is 0.0899. The maximum absolute atomic E-state index is 6.80. The van der Waals surface area contributed by atoms with Crippen molar-refractivity contribution < 1.29 is 18.7 Å². The van der Waals surface area contributed by atoms with Gasteiger partial charge in [0, 0.05) is 42.0 Å². The Morgan fingerprint density at radius 1 is 0.792 bits per heavy atom. The van der Waals surface area contributed by atoms with E-state index in [9.17, 15) is 0 Å². The number of pyridine rings is 1. The molecule has 2 bridgehead atoms. The standard InChI is InChI=1S/C43H45N2O3/c1-3-23-46-43(40-19-21-44-41-18-12-11-17-39(40)41)42-26-36-20-22-45(42,29-35(36)4-2)28-34-24-37(47-30-32-13-7-5-8-14-32)27-38(25-34)48-31-33-15-9-6-10-16-33/h3-19,21,24-25,27,35-36,42-43H,1-2,20,22-23,26,28-31H2/q+1/t35-,36-,42-,43+,45+/m0/s1. The van der Waals surface area contributed by atoms with Crippen LogP contribution >= 0.6 is 0 Å². The van der Waals surface area contributed by atoms with Gasteiger partial charge in [-0.3, -0.25) is 4.98 Å². The van der Waals surface area contributed by atoms with Crippen molar-refractivity contribution in [3.05, 3.63) is 163 Å². The van der Waals surface area contributed by atoms with Crippen LogP contribution in [0.3, 0.4) is 0 Å². The molecule has 5 atom stereocenters. The second-order valence-corrected chi connectivity index (χ2v) is 13.4. The maximum atomic E-state index is 6.80. The maximum Gasteiger partial charge on any atom is 0.135 e. The number of aromatic nitrogens is 1. The van der Waals surface area contributed by atoms with Gasteiger partial charge < -0.3 is 18.7 Å². The Bertz CT molecular complexity index is 1770. The third-order valence-corrected chi connectivity index (χ3v) is 10.3. The zero-order valence-electron chi connectivity index (χ0n) is 27.6. The van der Waals surface area contributed by atoms with Crippen molar-refractivity contribution >= 4 is 10.9 Å². The number of rotatable bonds is 14. The molecule has 5 aromatic rings. The minimum atomic E-state index is -0.101. The van der Waals surface area contributed by atoms with Crippen LogP contribution in [0.5, 0.6) is 11.5 Å². The van der Waals surface area contributed by atoms with E-state index in [4.69, 9.17) is 14.2 Å². The lowest BCUT2D eigenvalue weighted by molar-refractivity contribution is -0.985. The lowest BCUT2D eigenvalue weighted by Crippen LogP contribution is -2.67. The van der Waals surface area contributed by atoms with Crippen molar-refractivity contribution in [2.45, 2.75) is 44.7 Å². The number of hydrogen-bond donors (Lipinski definition) is 0. The molecule has 3 saturated heterocycles. The Morgan fingerprint density at radius 2 is 1.46 bits per heavy atom. The van der Waals surface area contributed by atoms with Crippen LogP contribution in [0.4, 0.5) is 0 Å². The van der Waals surface area contributed by atoms with Gasteiger partial charge in [-0.25, -0.2) is 0 Å². The fourth-order valence-corrected chi connectivity index (χ4v) is 8.04. The molecule has 0 spiro atoms. The van der Waals surface area contributed by atoms with Crippen LogP contribution in [0.1, 0.15) is 41.2 Å². The highest BCUT2D eigenvalue weighted by Gasteiger charge is 2.54. The summed E-state index contributed by atoms with van der Waals surface area (Å²) in [5.41, 5.74) is 5.68. The molecule has 3 aliphatic heterocycles. The molecule has 3 fully saturated rings. The lowest BCUT2D eigenvalue weighted by Gasteiger charge is -2.58. The highest BCUT2D eigenvalue weighted by molar-refractivity contribution is 5.82. The summed E-state index contributed by atoms with van der Waals surface area (Å²) >= 11 is 0. The van der Waals surface area contributed by atoms with Gasteiger partial charge in [-0.15, -0.1) is 13.2 Å². The number of para-hydroxylation sites is 1. The highest BCUT2D eigenvalue weighted by atomic mass is 16.5. The second-order valence-electron chi connectivity index (χ2n) is 13.4. The Morgan fingerprint density at radius 3 is 2.12 bits per heavy atom. The van der Waals surface area contributed by atoms with Crippen molar-refractivity contribution in [2.24, 2.45) is 11.8 Å². The number of nitrogens with zero attached hydrogens (tertiary/aromatic N) is 2. The molecule has 0 unspecified atom stereocenters. The third kappa shape index (κ3) is 6.94. The predicted molar refractivity (Wildman–Crippen MR) is 193 cm³/mol. The Kier molecular flexibility index (Phi) is 9.69. The Labute approximate surface area is 284 Å². The summed E-state index contributed by atoms with van der Waals surface area (Å²) < 4.78 is 20.6. The van der Waals surface area contributed by atoms with Crippen LogP contribution in [0.2, 0.25) is 0 Å². The predicted octanol–water partition coefficient (Wildman–Crippen LogP) is 9.25. The number of fused-ring (bicyclic) bond motifs is 4. The summed E-state index contributed by atoms with van der Waals surface area (Å²) in [6.07, 6.45) is 8.15. The smallest absolute Gasteiger partial charge is 0.135 e. The number of piperidine rings is 3. The van der Waals surface area contributed by atoms with Gasteiger partial charge in [0.2, 0.25) is 0 Å². The Hall–Kier alpha value is -4.71. The molecule has 5 heteroatoms. The van der Waals surface area contributed by atoms with Gasteiger partial charge in [-0.05, 0) is 46.9 Å². The van der Waals surface area contributed by atoms with Crippen molar-refractivity contribution in [1.29, 1.82) is 0 Å². The number of ether oxygens (including phenoxy) is 3. The summed E-state index contributed by atoms with van der Waals surface area (Å²) in [4.78, 5) is 4.68. The number of quaternary nitrogens is 1. The molecule has 1 aromatic heterocycles. The normalized spacial score (nSPS) is 22.2. The zero-order chi connectivity index (χ0) is 32.8. The summed E-state index contributed by atoms with van der Waals surface area (Å²) in [6, 6.07) is 37.9. The van der Waals surface area contributed by atoms with Crippen LogP contribution < -0.4 is 9.47 Å². The van der Waals surface area contributed by atoms with Gasteiger partial charge in [-0.2, -0.15) is 0 Å². The molecule has 0 saturated carbocycles. The first kappa shape index (κ1) is 31.9. The molecule has 4 heterocycles. The van der Waals surface area contributed by atoms with Gasteiger partial charge in [0.1, 0.15) is 43.4 Å². The average Bonchev–Trinajstić information content (AvgIpc) is 3.14. The third-order valence-electron chi connectivity index (χ3n) is 10.3. The molecule has 3 aliphatic rings. The molecule has 0 radical (unpaired) electrons. The van der Waals surface area contributed by atoms with E-state index in [1.807, 2.05) is 54.7 Å². The topological polar surface area (TPSA) is 40.6 Å². The molecular formula is C43H45N2O3+. The van der Waals surface area contributed by atoms with E-state index >= 15 is 0 Å². The summed E-state index contributed by atoms with van der Waals surface area (Å²) in [7, 11) is 0. The number of benzene rings is 4. The van der Waals surface area contributed by atoms with Crippen LogP contribution in [0.15, 0.2) is 141 Å². The van der Waals surface area contributed by atoms with E-state index in [1.165, 1.54) is 17.5 Å². The van der Waals surface area contributed by atoms with Crippen molar-refractivity contribution in [3.63, 3.8) is 0 Å². The van der Waals surface area contributed by atoms with Gasteiger partial charge in [0.15, 0.2) is 0 Å². The summed E-state index contributed by atoms with van der Waals surface area (Å²) in [5, 5.41) is 1.16. The molecule has 0 N–H and O–H groups in total. The van der Waals surface area contributed by atoms with Gasteiger partial charge in [0.25, 0.3) is 0 Å². The molecule has 4 aromatic carbocycles. The van der Waals surface area contributed by atoms with E-state index in [2.05, 4.69) is 90.9 Å². The van der Waals surface area contributed by atoms with E-state index < -0.39 is 0 Å². The van der Waals surface area contributed by atoms with Gasteiger partial charge >= 0.3 is 0 Å². The summed E-state index contributed by atoms with van der Waals surface area (Å²) in [6.45, 7) is 12.8. The average molecular weight is 638 g/mol. The van der Waals surface area contributed by atoms with E-state index in [0.29, 0.717) is 31.7 Å². The molecule has 5 nitrogen and oxygen atoms in total. The first-order valence-corrected chi connectivity index (χ1v) is 17.2. The molecular weight excluding hydrogens is 592 g/mol. The lowest BCUT2D eigenvalue weighted by atomic mass is 9.71. The second kappa shape index (κ2) is 14.6. The monoisotopic (exact) mass is 637 g/mol. The van der Waals surface area contributed by atoms with E-state index in [0.717, 1.165) is 64.1 Å². The minimum Gasteiger partial charge on any atom is -0.489 e. The van der Waals surface area contributed by atoms with Crippen molar-refractivity contribution in [2.75, 3.05) is 19.7 Å². The number of hydrogen-bond acceptors (Lipinski definition) is 4. The van der Waals surface area contributed by atoms with Gasteiger partial charge in [0.05, 0.1) is 25.2 Å². The first-order valence-electron chi connectivity index (χ1n) is 17.2. The largest absolute Gasteiger partial charge is 0.489 e. The molecule has 48 heavy (non-hydrogen) atoms. The van der Waals surface area contributed by atoms with Crippen molar-refractivity contribution in [3.8, 4) is 11.5 Å². The minimum absolute atomic E-state index is 0.101. The molecule has 244 valence electrons. The fourth-order valence-electron chi connectivity index (χ4n) is 8.04. The van der Waals surface area contributed by atoms with Crippen molar-refractivity contribution in [1.82, 2.24) is 4.98 Å². The fraction of sp³-hybridized carbons (Fsp3) is 0.279. The van der Waals surface area contributed by atoms with E-state index in [-0.39, 0.29) is 12.1 Å². The molecule has 0 aliphatic carbocycles. The molecule has 0 amide bonds. The molecule has 8 rings (SSSR count). The van der Waals surface area contributed by atoms with Gasteiger partial charge in [-0.1, -0.05) is 91.0 Å². The van der Waals surface area contributed by atoms with Crippen LogP contribution in [-0.4, -0.2) is 35.2 Å². The van der Waals surface area contributed by atoms with Crippen LogP contribution in [-0.2, 0) is 24.5 Å². The van der Waals surface area contributed by atoms with E-state index in [1.54, 1.807) is 0 Å². The SMILES string of the molecule is C=CCO[C@H](c1ccnc2ccccc12)[C@@H]1C[C@@H]2CC[N@@+]1(Cc1cc(OCc3ccccc3)cc(OCc3ccccc3)c1)C[C@@H]2C=C. The zero-order valence-corrected chi connectivity index (χ0v) is 27.6. The highest BCUT2D eigenvalue weighted by Crippen LogP contribution is 2.49. The van der Waals surface area contributed by atoms with Crippen LogP contribution in [0.25, 0.3) is 10.9 Å². The Balaban J connectivity index is 1.25.